The van der Waals surface area contributed by atoms with Crippen LogP contribution in [0.25, 0.3) is 88.9 Å². The lowest BCUT2D eigenvalue weighted by Crippen LogP contribution is -1.91. The van der Waals surface area contributed by atoms with Gasteiger partial charge in [-0.2, -0.15) is 0 Å². The van der Waals surface area contributed by atoms with Crippen molar-refractivity contribution in [2.75, 3.05) is 0 Å². The average molecular weight is 711 g/mol. The summed E-state index contributed by atoms with van der Waals surface area (Å²) in [4.78, 5) is 18.3. The summed E-state index contributed by atoms with van der Waals surface area (Å²) in [5.74, 6) is 11.8. The monoisotopic (exact) mass is 710 g/mol. The van der Waals surface area contributed by atoms with Crippen LogP contribution in [0.5, 0.6) is 0 Å². The lowest BCUT2D eigenvalue weighted by Gasteiger charge is -2.07. The van der Waals surface area contributed by atoms with Crippen LogP contribution in [0.4, 0.5) is 0 Å². The second kappa shape index (κ2) is 13.9. The number of aromatic nitrogens is 4. The lowest BCUT2D eigenvalue weighted by atomic mass is 9.95. The molecule has 0 saturated heterocycles. The van der Waals surface area contributed by atoms with Crippen LogP contribution in [0.1, 0.15) is 22.8 Å². The van der Waals surface area contributed by atoms with Crippen LogP contribution >= 0.6 is 0 Å². The highest BCUT2D eigenvalue weighted by Gasteiger charge is 2.28. The van der Waals surface area contributed by atoms with Gasteiger partial charge < -0.3 is 9.97 Å². The molecule has 0 atom stereocenters. The van der Waals surface area contributed by atoms with Gasteiger partial charge in [-0.25, -0.2) is 9.97 Å². The molecule has 0 radical (unpaired) electrons. The molecule has 4 heteroatoms. The van der Waals surface area contributed by atoms with Gasteiger partial charge in [-0.05, 0) is 46.5 Å². The van der Waals surface area contributed by atoms with Gasteiger partial charge in [0.2, 0.25) is 0 Å². The Morgan fingerprint density at radius 3 is 0.714 bits per heavy atom. The molecule has 56 heavy (non-hydrogen) atoms. The Hall–Kier alpha value is -8.28. The van der Waals surface area contributed by atoms with Crippen molar-refractivity contribution in [1.82, 2.24) is 19.9 Å². The normalized spacial score (nSPS) is 12.1. The first kappa shape index (κ1) is 33.5. The van der Waals surface area contributed by atoms with E-state index in [4.69, 9.17) is 35.7 Å². The van der Waals surface area contributed by atoms with Crippen LogP contribution in [-0.4, -0.2) is 19.9 Å². The predicted molar refractivity (Wildman–Crippen MR) is 232 cm³/mol. The Kier molecular flexibility index (Phi) is 8.35. The van der Waals surface area contributed by atoms with Gasteiger partial charge in [0, 0.05) is 44.3 Å². The first-order valence-electron chi connectivity index (χ1n) is 18.0. The quantitative estimate of drug-likeness (QED) is 0.179. The maximum absolute atomic E-state index is 6.39. The average Bonchev–Trinajstić information content (AvgIpc) is 4.06. The number of benzene rings is 4. The van der Waals surface area contributed by atoms with Gasteiger partial charge in [-0.15, -0.1) is 25.7 Å². The molecule has 2 aliphatic rings. The Bertz CT molecular complexity index is 2710. The third-order valence-corrected chi connectivity index (χ3v) is 10.1. The summed E-state index contributed by atoms with van der Waals surface area (Å²) >= 11 is 0. The molecular weight excluding hydrogens is 681 g/mol. The fourth-order valence-electron chi connectivity index (χ4n) is 7.68. The number of nitrogens with zero attached hydrogens (tertiary/aromatic N) is 2. The van der Waals surface area contributed by atoms with E-state index >= 15 is 0 Å². The third-order valence-electron chi connectivity index (χ3n) is 10.1. The first-order chi connectivity index (χ1) is 27.6. The van der Waals surface area contributed by atoms with Crippen LogP contribution in [0.15, 0.2) is 146 Å². The summed E-state index contributed by atoms with van der Waals surface area (Å²) in [5, 5.41) is 0. The van der Waals surface area contributed by atoms with E-state index in [1.165, 1.54) is 0 Å². The highest BCUT2D eigenvalue weighted by molar-refractivity contribution is 6.14. The van der Waals surface area contributed by atoms with E-state index in [1.807, 2.05) is 146 Å². The summed E-state index contributed by atoms with van der Waals surface area (Å²) in [7, 11) is 0. The maximum atomic E-state index is 6.39. The Morgan fingerprint density at radius 2 is 0.518 bits per heavy atom. The molecule has 9 rings (SSSR count). The van der Waals surface area contributed by atoms with Crippen molar-refractivity contribution in [2.45, 2.75) is 0 Å². The molecule has 0 spiro atoms. The van der Waals surface area contributed by atoms with Crippen molar-refractivity contribution in [3.63, 3.8) is 0 Å². The van der Waals surface area contributed by atoms with Crippen molar-refractivity contribution in [3.8, 4) is 93.9 Å². The SMILES string of the molecule is C#CC1=C(C#C)c2nc1c(-c1ccccc1)c1ccc([nH]1)c(-c1ccccc1)c1nc(c(-c3ccccc3)c3ccc([nH]3)c2-c2ccccc2)C(C#C)=C1C#C. The number of allylic oxidation sites excluding steroid dienone is 4. The number of hydrogen-bond acceptors (Lipinski definition) is 2. The van der Waals surface area contributed by atoms with E-state index < -0.39 is 0 Å². The molecule has 0 amide bonds. The second-order valence-corrected chi connectivity index (χ2v) is 13.2. The summed E-state index contributed by atoms with van der Waals surface area (Å²) in [6.45, 7) is 0. The van der Waals surface area contributed by atoms with E-state index in [-0.39, 0.29) is 0 Å². The number of rotatable bonds is 4. The van der Waals surface area contributed by atoms with Crippen molar-refractivity contribution < 1.29 is 0 Å². The molecule has 0 unspecified atom stereocenters. The van der Waals surface area contributed by atoms with Crippen LogP contribution in [0.3, 0.4) is 0 Å². The first-order valence-corrected chi connectivity index (χ1v) is 18.0. The number of terminal acetylenes is 4. The largest absolute Gasteiger partial charge is 0.354 e. The molecular formula is C52H30N4. The van der Waals surface area contributed by atoms with Crippen molar-refractivity contribution in [3.05, 3.63) is 168 Å². The van der Waals surface area contributed by atoms with Crippen LogP contribution in [0, 0.1) is 49.4 Å². The molecule has 2 aliphatic heterocycles. The maximum Gasteiger partial charge on any atom is 0.0906 e. The summed E-state index contributed by atoms with van der Waals surface area (Å²) in [6, 6.07) is 48.3. The van der Waals surface area contributed by atoms with Crippen molar-refractivity contribution in [2.24, 2.45) is 0 Å². The zero-order valence-corrected chi connectivity index (χ0v) is 30.1. The Morgan fingerprint density at radius 1 is 0.304 bits per heavy atom. The topological polar surface area (TPSA) is 57.4 Å². The van der Waals surface area contributed by atoms with Crippen LogP contribution < -0.4 is 0 Å². The minimum absolute atomic E-state index is 0.529. The van der Waals surface area contributed by atoms with Crippen LogP contribution in [0.2, 0.25) is 0 Å². The standard InChI is InChI=1S/C52H30N4/c1-5-37-38(6-2)50-46(34-23-15-10-16-24-34)42-31-32-44(54-42)48(36-27-19-12-20-28-36)52-40(8-4)39(7-3)51(56-52)47(35-25-17-11-18-26-35)43-30-29-41(53-43)45(49(37)55-50)33-21-13-9-14-22-33/h1-4,9-32,53-54H. The highest BCUT2D eigenvalue weighted by Crippen LogP contribution is 2.44. The fourth-order valence-corrected chi connectivity index (χ4v) is 7.68. The number of fused-ring (bicyclic) bond motifs is 8. The number of aromatic amines is 2. The van der Waals surface area contributed by atoms with Gasteiger partial charge in [0.1, 0.15) is 0 Å². The molecule has 4 aromatic carbocycles. The van der Waals surface area contributed by atoms with Gasteiger partial charge in [0.15, 0.2) is 0 Å². The van der Waals surface area contributed by atoms with Crippen molar-refractivity contribution in [1.29, 1.82) is 0 Å². The predicted octanol–water partition coefficient (Wildman–Crippen LogP) is 11.3. The molecule has 2 N–H and O–H groups in total. The van der Waals surface area contributed by atoms with Crippen LogP contribution in [-0.2, 0) is 0 Å². The number of hydrogen-bond donors (Lipinski definition) is 2. The zero-order valence-electron chi connectivity index (χ0n) is 30.1. The smallest absolute Gasteiger partial charge is 0.0906 e. The van der Waals surface area contributed by atoms with Gasteiger partial charge in [-0.1, -0.05) is 145 Å². The molecule has 0 fully saturated rings. The van der Waals surface area contributed by atoms with Gasteiger partial charge in [0.25, 0.3) is 0 Å². The Labute approximate surface area is 325 Å². The van der Waals surface area contributed by atoms with E-state index in [2.05, 4.69) is 33.6 Å². The minimum atomic E-state index is 0.529. The molecule has 258 valence electrons. The Balaban J connectivity index is 1.60. The van der Waals surface area contributed by atoms with E-state index in [0.29, 0.717) is 45.1 Å². The molecule has 3 aromatic heterocycles. The molecule has 0 aliphatic carbocycles. The summed E-state index contributed by atoms with van der Waals surface area (Å²) in [6.07, 6.45) is 25.5. The lowest BCUT2D eigenvalue weighted by molar-refractivity contribution is 1.30. The second-order valence-electron chi connectivity index (χ2n) is 13.2. The summed E-state index contributed by atoms with van der Waals surface area (Å²) in [5.41, 5.74) is 14.4. The minimum Gasteiger partial charge on any atom is -0.354 e. The molecule has 8 bridgehead atoms. The summed E-state index contributed by atoms with van der Waals surface area (Å²) < 4.78 is 0. The molecule has 7 aromatic rings. The van der Waals surface area contributed by atoms with Gasteiger partial charge >= 0.3 is 0 Å². The molecule has 4 nitrogen and oxygen atoms in total. The third kappa shape index (κ3) is 5.43. The molecule has 0 saturated carbocycles. The molecule has 5 heterocycles. The van der Waals surface area contributed by atoms with E-state index in [0.717, 1.165) is 66.6 Å². The van der Waals surface area contributed by atoms with E-state index in [1.54, 1.807) is 0 Å². The van der Waals surface area contributed by atoms with Gasteiger partial charge in [0.05, 0.1) is 45.1 Å². The fraction of sp³-hybridized carbons (Fsp3) is 0. The van der Waals surface area contributed by atoms with Gasteiger partial charge in [-0.3, -0.25) is 0 Å². The highest BCUT2D eigenvalue weighted by atomic mass is 14.8. The van der Waals surface area contributed by atoms with E-state index in [9.17, 15) is 0 Å². The van der Waals surface area contributed by atoms with Crippen molar-refractivity contribution >= 4 is 44.4 Å². The number of nitrogens with one attached hydrogen (secondary N) is 2. The zero-order chi connectivity index (χ0) is 38.2. The number of H-pyrrole nitrogens is 2.